The minimum absolute atomic E-state index is 0.101. The van der Waals surface area contributed by atoms with E-state index in [1.807, 2.05) is 25.1 Å². The molecule has 3 heteroatoms. The smallest absolute Gasteiger partial charge is 0.122 e. The Labute approximate surface area is 136 Å². The number of aryl methyl sites for hydroxylation is 2. The fourth-order valence-electron chi connectivity index (χ4n) is 2.68. The maximum Gasteiger partial charge on any atom is 0.122 e. The van der Waals surface area contributed by atoms with Crippen LogP contribution in [-0.4, -0.2) is 19.2 Å². The van der Waals surface area contributed by atoms with E-state index in [2.05, 4.69) is 58.0 Å². The van der Waals surface area contributed by atoms with Crippen LogP contribution in [-0.2, 0) is 5.16 Å². The van der Waals surface area contributed by atoms with Crippen LogP contribution in [0.5, 0.6) is 5.75 Å². The second-order valence-electron chi connectivity index (χ2n) is 6.64. The van der Waals surface area contributed by atoms with Gasteiger partial charge in [-0.05, 0) is 36.3 Å². The molecule has 0 radical (unpaired) electrons. The summed E-state index contributed by atoms with van der Waals surface area (Å²) in [6.45, 7) is 8.49. The lowest BCUT2D eigenvalue weighted by atomic mass is 9.99. The average Bonchev–Trinajstić information content (AvgIpc) is 2.43. The van der Waals surface area contributed by atoms with Gasteiger partial charge in [-0.25, -0.2) is 0 Å². The van der Waals surface area contributed by atoms with E-state index in [0.717, 1.165) is 11.1 Å². The van der Waals surface area contributed by atoms with Gasteiger partial charge in [-0.2, -0.15) is 0 Å². The van der Waals surface area contributed by atoms with Crippen LogP contribution in [0.1, 0.15) is 30.5 Å². The topological polar surface area (TPSA) is 23.5 Å². The molecule has 2 rings (SSSR count). The molecule has 0 heterocycles. The molecule has 118 valence electrons. The maximum absolute atomic E-state index is 10.4. The molecule has 0 aliphatic heterocycles. The number of phenols is 1. The molecule has 0 aliphatic rings. The highest BCUT2D eigenvalue weighted by molar-refractivity contribution is 7.49. The summed E-state index contributed by atoms with van der Waals surface area (Å²) in [6.07, 6.45) is 0. The van der Waals surface area contributed by atoms with Crippen molar-refractivity contribution >= 4 is 19.6 Å². The molecular weight excluding hydrogens is 289 g/mol. The highest BCUT2D eigenvalue weighted by atomic mass is 31.1. The lowest BCUT2D eigenvalue weighted by Gasteiger charge is -2.29. The lowest BCUT2D eigenvalue weighted by Crippen LogP contribution is -2.21. The van der Waals surface area contributed by atoms with E-state index < -0.39 is 0 Å². The molecule has 0 fully saturated rings. The first kappa shape index (κ1) is 16.8. The fourth-order valence-corrected chi connectivity index (χ4v) is 4.28. The number of nitrogens with zero attached hydrogens (tertiary/aromatic N) is 1. The van der Waals surface area contributed by atoms with Crippen molar-refractivity contribution in [3.63, 3.8) is 0 Å². The molecule has 1 atom stereocenters. The summed E-state index contributed by atoms with van der Waals surface area (Å²) in [5.74, 6) is 0.429. The number of benzene rings is 2. The molecular formula is C19H26NOP. The first-order valence-corrected chi connectivity index (χ1v) is 8.57. The molecule has 1 N–H and O–H groups in total. The van der Waals surface area contributed by atoms with Crippen molar-refractivity contribution in [3.8, 4) is 5.75 Å². The van der Waals surface area contributed by atoms with Crippen molar-refractivity contribution in [2.45, 2.75) is 32.9 Å². The Hall–Kier alpha value is -1.53. The maximum atomic E-state index is 10.4. The van der Waals surface area contributed by atoms with Crippen molar-refractivity contribution in [1.82, 2.24) is 0 Å². The Morgan fingerprint density at radius 3 is 2.36 bits per heavy atom. The van der Waals surface area contributed by atoms with Gasteiger partial charge in [0.2, 0.25) is 0 Å². The Morgan fingerprint density at radius 1 is 1.05 bits per heavy atom. The summed E-state index contributed by atoms with van der Waals surface area (Å²) >= 11 is 0. The highest BCUT2D eigenvalue weighted by Crippen LogP contribution is 2.46. The standard InChI is InChI=1S/C19H26NOP/c1-13-10-11-17(16(12-13)20(5)6)22-19(3,4)15-9-7-8-14(2)18(15)21/h7-12,21-22H,1-6H3. The van der Waals surface area contributed by atoms with Gasteiger partial charge in [0.25, 0.3) is 0 Å². The fraction of sp³-hybridized carbons (Fsp3) is 0.368. The predicted molar refractivity (Wildman–Crippen MR) is 99.3 cm³/mol. The quantitative estimate of drug-likeness (QED) is 0.850. The molecule has 0 aromatic heterocycles. The molecule has 2 nitrogen and oxygen atoms in total. The van der Waals surface area contributed by atoms with Crippen molar-refractivity contribution in [3.05, 3.63) is 53.1 Å². The van der Waals surface area contributed by atoms with E-state index in [-0.39, 0.29) is 5.16 Å². The van der Waals surface area contributed by atoms with Gasteiger partial charge in [0, 0.05) is 30.5 Å². The van der Waals surface area contributed by atoms with Crippen molar-refractivity contribution in [2.24, 2.45) is 0 Å². The minimum atomic E-state index is -0.101. The summed E-state index contributed by atoms with van der Waals surface area (Å²) in [6, 6.07) is 12.6. The Bertz CT molecular complexity index is 677. The van der Waals surface area contributed by atoms with E-state index >= 15 is 0 Å². The number of phenolic OH excluding ortho intramolecular Hbond substituents is 1. The molecule has 0 saturated heterocycles. The number of hydrogen-bond acceptors (Lipinski definition) is 2. The van der Waals surface area contributed by atoms with Crippen LogP contribution < -0.4 is 10.2 Å². The Kier molecular flexibility index (Phi) is 4.82. The van der Waals surface area contributed by atoms with Gasteiger partial charge in [0.1, 0.15) is 5.75 Å². The van der Waals surface area contributed by atoms with Gasteiger partial charge in [0.15, 0.2) is 0 Å². The number of hydrogen-bond donors (Lipinski definition) is 1. The first-order chi connectivity index (χ1) is 10.2. The summed E-state index contributed by atoms with van der Waals surface area (Å²) < 4.78 is 0. The lowest BCUT2D eigenvalue weighted by molar-refractivity contribution is 0.457. The zero-order valence-corrected chi connectivity index (χ0v) is 15.4. The summed E-state index contributed by atoms with van der Waals surface area (Å²) in [5, 5.41) is 11.7. The molecule has 0 saturated carbocycles. The van der Waals surface area contributed by atoms with Gasteiger partial charge >= 0.3 is 0 Å². The van der Waals surface area contributed by atoms with Crippen LogP contribution in [0.25, 0.3) is 0 Å². The third-order valence-corrected chi connectivity index (χ3v) is 5.58. The zero-order chi connectivity index (χ0) is 16.5. The first-order valence-electron chi connectivity index (χ1n) is 7.57. The number of rotatable bonds is 4. The number of aromatic hydroxyl groups is 1. The highest BCUT2D eigenvalue weighted by Gasteiger charge is 2.26. The van der Waals surface area contributed by atoms with Crippen molar-refractivity contribution in [2.75, 3.05) is 19.0 Å². The Balaban J connectivity index is 2.43. The van der Waals surface area contributed by atoms with Gasteiger partial charge < -0.3 is 10.0 Å². The van der Waals surface area contributed by atoms with E-state index in [1.54, 1.807) is 0 Å². The van der Waals surface area contributed by atoms with Crippen LogP contribution in [0.4, 0.5) is 5.69 Å². The van der Waals surface area contributed by atoms with Crippen LogP contribution >= 0.6 is 8.58 Å². The predicted octanol–water partition coefficient (Wildman–Crippen LogP) is 4.31. The summed E-state index contributed by atoms with van der Waals surface area (Å²) in [5.41, 5.74) is 4.50. The van der Waals surface area contributed by atoms with Crippen LogP contribution in [0.15, 0.2) is 36.4 Å². The largest absolute Gasteiger partial charge is 0.507 e. The van der Waals surface area contributed by atoms with E-state index in [9.17, 15) is 5.11 Å². The number of anilines is 1. The Morgan fingerprint density at radius 2 is 1.73 bits per heavy atom. The molecule has 0 amide bonds. The molecule has 0 spiro atoms. The van der Waals surface area contributed by atoms with Crippen molar-refractivity contribution < 1.29 is 5.11 Å². The zero-order valence-electron chi connectivity index (χ0n) is 14.4. The molecule has 0 bridgehead atoms. The second-order valence-corrected chi connectivity index (χ2v) is 8.67. The van der Waals surface area contributed by atoms with Crippen LogP contribution in [0, 0.1) is 13.8 Å². The summed E-state index contributed by atoms with van der Waals surface area (Å²) in [4.78, 5) is 2.17. The van der Waals surface area contributed by atoms with Crippen molar-refractivity contribution in [1.29, 1.82) is 0 Å². The normalized spacial score (nSPS) is 12.1. The SMILES string of the molecule is Cc1ccc(PC(C)(C)c2cccc(C)c2O)c(N(C)C)c1. The average molecular weight is 315 g/mol. The third kappa shape index (κ3) is 3.44. The van der Waals surface area contributed by atoms with Crippen LogP contribution in [0.2, 0.25) is 0 Å². The molecule has 1 unspecified atom stereocenters. The monoisotopic (exact) mass is 315 g/mol. The van der Waals surface area contributed by atoms with Gasteiger partial charge in [-0.3, -0.25) is 0 Å². The van der Waals surface area contributed by atoms with Gasteiger partial charge in [0.05, 0.1) is 0 Å². The van der Waals surface area contributed by atoms with Gasteiger partial charge in [-0.15, -0.1) is 0 Å². The van der Waals surface area contributed by atoms with Crippen LogP contribution in [0.3, 0.4) is 0 Å². The molecule has 2 aromatic rings. The second kappa shape index (κ2) is 6.30. The third-order valence-electron chi connectivity index (χ3n) is 3.99. The van der Waals surface area contributed by atoms with Gasteiger partial charge in [-0.1, -0.05) is 52.8 Å². The minimum Gasteiger partial charge on any atom is -0.507 e. The molecule has 22 heavy (non-hydrogen) atoms. The number of para-hydroxylation sites is 1. The summed E-state index contributed by atoms with van der Waals surface area (Å²) in [7, 11) is 4.75. The van der Waals surface area contributed by atoms with E-state index in [0.29, 0.717) is 14.3 Å². The van der Waals surface area contributed by atoms with E-state index in [4.69, 9.17) is 0 Å². The molecule has 0 aliphatic carbocycles. The molecule has 2 aromatic carbocycles. The van der Waals surface area contributed by atoms with E-state index in [1.165, 1.54) is 16.6 Å².